The molecule has 1 spiro atoms. The predicted octanol–water partition coefficient (Wildman–Crippen LogP) is 0.697. The summed E-state index contributed by atoms with van der Waals surface area (Å²) < 4.78 is 1.88. The number of piperidine rings is 1. The number of nitrogens with one attached hydrogen (secondary N) is 2. The molecular formula is C14H22N4O. The lowest BCUT2D eigenvalue weighted by molar-refractivity contribution is -0.123. The molecule has 1 aliphatic heterocycles. The first-order chi connectivity index (χ1) is 9.20. The van der Waals surface area contributed by atoms with Gasteiger partial charge in [0.15, 0.2) is 0 Å². The third kappa shape index (κ3) is 2.66. The monoisotopic (exact) mass is 262 g/mol. The normalized spacial score (nSPS) is 24.4. The SMILES string of the molecule is Cc1cnn(CCNC(=O)C2CC23CCNCC3)c1. The molecule has 2 heterocycles. The van der Waals surface area contributed by atoms with Gasteiger partial charge in [0.25, 0.3) is 0 Å². The van der Waals surface area contributed by atoms with Crippen molar-refractivity contribution in [2.45, 2.75) is 32.7 Å². The number of amides is 1. The van der Waals surface area contributed by atoms with Crippen molar-refractivity contribution in [1.82, 2.24) is 20.4 Å². The van der Waals surface area contributed by atoms with E-state index < -0.39 is 0 Å². The van der Waals surface area contributed by atoms with Crippen molar-refractivity contribution in [2.75, 3.05) is 19.6 Å². The number of carbonyl (C=O) groups excluding carboxylic acids is 1. The fourth-order valence-electron chi connectivity index (χ4n) is 3.20. The molecule has 2 aliphatic rings. The summed E-state index contributed by atoms with van der Waals surface area (Å²) >= 11 is 0. The molecule has 1 saturated carbocycles. The second-order valence-electron chi connectivity index (χ2n) is 5.94. The van der Waals surface area contributed by atoms with Gasteiger partial charge in [0.2, 0.25) is 5.91 Å². The lowest BCUT2D eigenvalue weighted by atomic mass is 9.92. The van der Waals surface area contributed by atoms with Gasteiger partial charge in [-0.15, -0.1) is 0 Å². The summed E-state index contributed by atoms with van der Waals surface area (Å²) in [6.45, 7) is 5.57. The Balaban J connectivity index is 1.43. The average Bonchev–Trinajstić information content (AvgIpc) is 2.93. The first-order valence-corrected chi connectivity index (χ1v) is 7.17. The van der Waals surface area contributed by atoms with Gasteiger partial charge < -0.3 is 10.6 Å². The van der Waals surface area contributed by atoms with Crippen LogP contribution in [-0.2, 0) is 11.3 Å². The van der Waals surface area contributed by atoms with E-state index >= 15 is 0 Å². The van der Waals surface area contributed by atoms with E-state index in [0.717, 1.165) is 44.5 Å². The van der Waals surface area contributed by atoms with Gasteiger partial charge in [0.1, 0.15) is 0 Å². The van der Waals surface area contributed by atoms with Crippen molar-refractivity contribution < 1.29 is 4.79 Å². The summed E-state index contributed by atoms with van der Waals surface area (Å²) in [5.74, 6) is 0.500. The molecule has 3 rings (SSSR count). The van der Waals surface area contributed by atoms with E-state index in [0.29, 0.717) is 12.0 Å². The first kappa shape index (κ1) is 12.7. The van der Waals surface area contributed by atoms with Crippen LogP contribution in [0.15, 0.2) is 12.4 Å². The minimum Gasteiger partial charge on any atom is -0.354 e. The zero-order valence-electron chi connectivity index (χ0n) is 11.5. The van der Waals surface area contributed by atoms with Crippen LogP contribution in [0.3, 0.4) is 0 Å². The third-order valence-corrected chi connectivity index (χ3v) is 4.51. The highest BCUT2D eigenvalue weighted by Gasteiger charge is 2.57. The Bertz CT molecular complexity index is 462. The Morgan fingerprint density at radius 1 is 1.58 bits per heavy atom. The van der Waals surface area contributed by atoms with E-state index in [-0.39, 0.29) is 11.8 Å². The van der Waals surface area contributed by atoms with Gasteiger partial charge in [-0.25, -0.2) is 0 Å². The summed E-state index contributed by atoms with van der Waals surface area (Å²) in [6.07, 6.45) is 7.23. The van der Waals surface area contributed by atoms with Crippen molar-refractivity contribution in [1.29, 1.82) is 0 Å². The molecule has 19 heavy (non-hydrogen) atoms. The van der Waals surface area contributed by atoms with Crippen LogP contribution in [0.5, 0.6) is 0 Å². The maximum atomic E-state index is 12.1. The van der Waals surface area contributed by atoms with Crippen LogP contribution in [0, 0.1) is 18.3 Å². The molecule has 1 saturated heterocycles. The van der Waals surface area contributed by atoms with Gasteiger partial charge in [-0.2, -0.15) is 5.10 Å². The minimum absolute atomic E-state index is 0.241. The zero-order valence-corrected chi connectivity index (χ0v) is 11.5. The van der Waals surface area contributed by atoms with Crippen molar-refractivity contribution >= 4 is 5.91 Å². The second-order valence-corrected chi connectivity index (χ2v) is 5.94. The molecular weight excluding hydrogens is 240 g/mol. The van der Waals surface area contributed by atoms with Crippen molar-refractivity contribution in [3.05, 3.63) is 18.0 Å². The largest absolute Gasteiger partial charge is 0.354 e. The molecule has 2 fully saturated rings. The Morgan fingerprint density at radius 3 is 3.05 bits per heavy atom. The summed E-state index contributed by atoms with van der Waals surface area (Å²) in [6, 6.07) is 0. The molecule has 1 aliphatic carbocycles. The molecule has 1 unspecified atom stereocenters. The molecule has 1 aromatic rings. The van der Waals surface area contributed by atoms with E-state index in [1.165, 1.54) is 0 Å². The molecule has 1 aromatic heterocycles. The van der Waals surface area contributed by atoms with Crippen LogP contribution in [0.25, 0.3) is 0 Å². The molecule has 5 heteroatoms. The van der Waals surface area contributed by atoms with Crippen LogP contribution in [0.1, 0.15) is 24.8 Å². The topological polar surface area (TPSA) is 59.0 Å². The van der Waals surface area contributed by atoms with Gasteiger partial charge in [0.05, 0.1) is 12.7 Å². The van der Waals surface area contributed by atoms with Crippen LogP contribution < -0.4 is 10.6 Å². The number of hydrogen-bond acceptors (Lipinski definition) is 3. The zero-order chi connectivity index (χ0) is 13.3. The standard InChI is InChI=1S/C14H22N4O/c1-11-9-17-18(10-11)7-6-16-13(19)12-8-14(12)2-4-15-5-3-14/h9-10,12,15H,2-8H2,1H3,(H,16,19). The highest BCUT2D eigenvalue weighted by Crippen LogP contribution is 2.58. The molecule has 104 valence electrons. The highest BCUT2D eigenvalue weighted by molar-refractivity contribution is 5.82. The quantitative estimate of drug-likeness (QED) is 0.839. The number of aryl methyl sites for hydroxylation is 1. The van der Waals surface area contributed by atoms with Crippen molar-refractivity contribution in [3.63, 3.8) is 0 Å². The Kier molecular flexibility index (Phi) is 3.31. The van der Waals surface area contributed by atoms with E-state index in [1.807, 2.05) is 24.0 Å². The Hall–Kier alpha value is -1.36. The third-order valence-electron chi connectivity index (χ3n) is 4.51. The molecule has 1 amide bonds. The molecule has 0 aromatic carbocycles. The lowest BCUT2D eigenvalue weighted by Crippen LogP contribution is -2.34. The highest BCUT2D eigenvalue weighted by atomic mass is 16.2. The summed E-state index contributed by atoms with van der Waals surface area (Å²) in [4.78, 5) is 12.1. The minimum atomic E-state index is 0.241. The second kappa shape index (κ2) is 4.96. The van der Waals surface area contributed by atoms with Gasteiger partial charge >= 0.3 is 0 Å². The van der Waals surface area contributed by atoms with E-state index in [2.05, 4.69) is 15.7 Å². The Morgan fingerprint density at radius 2 is 2.37 bits per heavy atom. The molecule has 1 atom stereocenters. The average molecular weight is 262 g/mol. The predicted molar refractivity (Wildman–Crippen MR) is 72.6 cm³/mol. The molecule has 0 bridgehead atoms. The fourth-order valence-corrected chi connectivity index (χ4v) is 3.20. The molecule has 2 N–H and O–H groups in total. The molecule has 0 radical (unpaired) electrons. The van der Waals surface area contributed by atoms with Gasteiger partial charge in [0, 0.05) is 18.7 Å². The van der Waals surface area contributed by atoms with Crippen LogP contribution >= 0.6 is 0 Å². The number of carbonyl (C=O) groups is 1. The first-order valence-electron chi connectivity index (χ1n) is 7.17. The van der Waals surface area contributed by atoms with Crippen LogP contribution in [-0.4, -0.2) is 35.3 Å². The number of hydrogen-bond donors (Lipinski definition) is 2. The van der Waals surface area contributed by atoms with E-state index in [4.69, 9.17) is 0 Å². The fraction of sp³-hybridized carbons (Fsp3) is 0.714. The summed E-state index contributed by atoms with van der Waals surface area (Å²) in [7, 11) is 0. The van der Waals surface area contributed by atoms with Gasteiger partial charge in [-0.3, -0.25) is 9.48 Å². The van der Waals surface area contributed by atoms with Crippen molar-refractivity contribution in [2.24, 2.45) is 11.3 Å². The number of nitrogens with zero attached hydrogens (tertiary/aromatic N) is 2. The van der Waals surface area contributed by atoms with Crippen LogP contribution in [0.4, 0.5) is 0 Å². The number of rotatable bonds is 4. The maximum Gasteiger partial charge on any atom is 0.223 e. The Labute approximate surface area is 113 Å². The van der Waals surface area contributed by atoms with Crippen molar-refractivity contribution in [3.8, 4) is 0 Å². The number of aromatic nitrogens is 2. The molecule has 5 nitrogen and oxygen atoms in total. The summed E-state index contributed by atoms with van der Waals surface area (Å²) in [5.41, 5.74) is 1.49. The smallest absolute Gasteiger partial charge is 0.223 e. The maximum absolute atomic E-state index is 12.1. The van der Waals surface area contributed by atoms with Gasteiger partial charge in [-0.1, -0.05) is 0 Å². The van der Waals surface area contributed by atoms with E-state index in [1.54, 1.807) is 0 Å². The summed E-state index contributed by atoms with van der Waals surface area (Å²) in [5, 5.41) is 10.6. The van der Waals surface area contributed by atoms with Gasteiger partial charge in [-0.05, 0) is 50.3 Å². The van der Waals surface area contributed by atoms with E-state index in [9.17, 15) is 4.79 Å². The van der Waals surface area contributed by atoms with Crippen LogP contribution in [0.2, 0.25) is 0 Å². The lowest BCUT2D eigenvalue weighted by Gasteiger charge is -2.23.